The zero-order chi connectivity index (χ0) is 6.48. The van der Waals surface area contributed by atoms with Crippen molar-refractivity contribution in [1.29, 1.82) is 0 Å². The minimum Gasteiger partial charge on any atom is -0.330 e. The van der Waals surface area contributed by atoms with E-state index in [0.717, 1.165) is 24.9 Å². The summed E-state index contributed by atoms with van der Waals surface area (Å²) in [6, 6.07) is 0. The summed E-state index contributed by atoms with van der Waals surface area (Å²) < 4.78 is 0. The summed E-state index contributed by atoms with van der Waals surface area (Å²) >= 11 is 0. The number of hydrogen-bond donors (Lipinski definition) is 2. The quantitative estimate of drug-likeness (QED) is 0.510. The largest absolute Gasteiger partial charge is 0.330 e. The summed E-state index contributed by atoms with van der Waals surface area (Å²) in [4.78, 5) is 0. The molecule has 1 aliphatic heterocycles. The van der Waals surface area contributed by atoms with E-state index in [2.05, 4.69) is 12.2 Å². The van der Waals surface area contributed by atoms with E-state index in [0.29, 0.717) is 5.41 Å². The molecule has 1 saturated carbocycles. The third kappa shape index (κ3) is 0.485. The van der Waals surface area contributed by atoms with Gasteiger partial charge in [-0.25, -0.2) is 0 Å². The molecule has 1 heterocycles. The topological polar surface area (TPSA) is 38.0 Å². The molecule has 0 aromatic carbocycles. The maximum absolute atomic E-state index is 5.66. The molecule has 0 radical (unpaired) electrons. The first-order valence-electron chi connectivity index (χ1n) is 3.72. The molecule has 2 heteroatoms. The van der Waals surface area contributed by atoms with E-state index in [9.17, 15) is 0 Å². The molecule has 0 bridgehead atoms. The van der Waals surface area contributed by atoms with Gasteiger partial charge >= 0.3 is 0 Å². The van der Waals surface area contributed by atoms with Crippen LogP contribution in [0.25, 0.3) is 0 Å². The zero-order valence-electron chi connectivity index (χ0n) is 5.85. The molecular formula is C7H14N2. The highest BCUT2D eigenvalue weighted by molar-refractivity contribution is 5.14. The summed E-state index contributed by atoms with van der Waals surface area (Å²) in [5.74, 6) is 1.80. The van der Waals surface area contributed by atoms with Crippen LogP contribution in [0.1, 0.15) is 6.92 Å². The monoisotopic (exact) mass is 126 g/mol. The van der Waals surface area contributed by atoms with E-state index < -0.39 is 0 Å². The van der Waals surface area contributed by atoms with Gasteiger partial charge in [-0.2, -0.15) is 0 Å². The molecule has 1 aliphatic carbocycles. The number of nitrogens with one attached hydrogen (secondary N) is 1. The van der Waals surface area contributed by atoms with Crippen molar-refractivity contribution in [2.75, 3.05) is 19.6 Å². The van der Waals surface area contributed by atoms with Crippen LogP contribution in [0.3, 0.4) is 0 Å². The Balaban J connectivity index is 2.13. The third-order valence-electron chi connectivity index (χ3n) is 3.34. The summed E-state index contributed by atoms with van der Waals surface area (Å²) in [5, 5.41) is 3.36. The fourth-order valence-corrected chi connectivity index (χ4v) is 2.34. The molecule has 9 heavy (non-hydrogen) atoms. The van der Waals surface area contributed by atoms with Gasteiger partial charge in [0, 0.05) is 12.0 Å². The average molecular weight is 126 g/mol. The Morgan fingerprint density at radius 3 is 2.89 bits per heavy atom. The van der Waals surface area contributed by atoms with Crippen LogP contribution in [-0.2, 0) is 0 Å². The molecule has 3 N–H and O–H groups in total. The van der Waals surface area contributed by atoms with E-state index in [1.165, 1.54) is 6.54 Å². The first kappa shape index (κ1) is 5.69. The van der Waals surface area contributed by atoms with Crippen LogP contribution >= 0.6 is 0 Å². The van der Waals surface area contributed by atoms with Crippen LogP contribution in [-0.4, -0.2) is 19.6 Å². The van der Waals surface area contributed by atoms with Crippen LogP contribution in [0.2, 0.25) is 0 Å². The van der Waals surface area contributed by atoms with Gasteiger partial charge in [0.1, 0.15) is 0 Å². The molecule has 1 saturated heterocycles. The van der Waals surface area contributed by atoms with Gasteiger partial charge in [0.15, 0.2) is 0 Å². The van der Waals surface area contributed by atoms with Crippen LogP contribution in [0.4, 0.5) is 0 Å². The molecule has 3 atom stereocenters. The summed E-state index contributed by atoms with van der Waals surface area (Å²) in [5.41, 5.74) is 6.19. The second-order valence-electron chi connectivity index (χ2n) is 3.46. The van der Waals surface area contributed by atoms with Gasteiger partial charge in [0.25, 0.3) is 0 Å². The van der Waals surface area contributed by atoms with Crippen LogP contribution in [0.15, 0.2) is 0 Å². The standard InChI is InChI=1S/C7H14N2/c1-5-6-2-9-4-7(5,6)3-8/h5-6,9H,2-4,8H2,1H3. The van der Waals surface area contributed by atoms with Crippen LogP contribution < -0.4 is 11.1 Å². The Bertz CT molecular complexity index is 135. The molecule has 2 fully saturated rings. The van der Waals surface area contributed by atoms with E-state index in [1.54, 1.807) is 0 Å². The highest BCUT2D eigenvalue weighted by atomic mass is 15.0. The number of fused-ring (bicyclic) bond motifs is 1. The van der Waals surface area contributed by atoms with Gasteiger partial charge < -0.3 is 11.1 Å². The minimum absolute atomic E-state index is 0.528. The van der Waals surface area contributed by atoms with Crippen molar-refractivity contribution in [3.8, 4) is 0 Å². The van der Waals surface area contributed by atoms with Crippen molar-refractivity contribution in [1.82, 2.24) is 5.32 Å². The average Bonchev–Trinajstić information content (AvgIpc) is 2.29. The second kappa shape index (κ2) is 1.50. The Hall–Kier alpha value is -0.0800. The Labute approximate surface area is 55.8 Å². The van der Waals surface area contributed by atoms with Gasteiger partial charge in [-0.3, -0.25) is 0 Å². The number of nitrogens with two attached hydrogens (primary N) is 1. The van der Waals surface area contributed by atoms with Crippen molar-refractivity contribution in [2.24, 2.45) is 23.0 Å². The molecule has 2 nitrogen and oxygen atoms in total. The number of piperidine rings is 1. The summed E-state index contributed by atoms with van der Waals surface area (Å²) in [6.45, 7) is 5.57. The Morgan fingerprint density at radius 1 is 1.78 bits per heavy atom. The molecule has 0 aromatic heterocycles. The fourth-order valence-electron chi connectivity index (χ4n) is 2.34. The van der Waals surface area contributed by atoms with E-state index in [1.807, 2.05) is 0 Å². The highest BCUT2D eigenvalue weighted by Gasteiger charge is 2.63. The lowest BCUT2D eigenvalue weighted by atomic mass is 10.1. The SMILES string of the molecule is CC1C2CNCC12CN. The van der Waals surface area contributed by atoms with Crippen molar-refractivity contribution < 1.29 is 0 Å². The molecule has 0 aromatic rings. The molecule has 0 spiro atoms. The number of hydrogen-bond acceptors (Lipinski definition) is 2. The maximum Gasteiger partial charge on any atom is 0.00260 e. The van der Waals surface area contributed by atoms with E-state index >= 15 is 0 Å². The molecule has 52 valence electrons. The zero-order valence-corrected chi connectivity index (χ0v) is 5.85. The molecule has 2 rings (SSSR count). The third-order valence-corrected chi connectivity index (χ3v) is 3.34. The maximum atomic E-state index is 5.66. The predicted octanol–water partition coefficient (Wildman–Crippen LogP) is -0.199. The predicted molar refractivity (Wildman–Crippen MR) is 37.0 cm³/mol. The van der Waals surface area contributed by atoms with Crippen LogP contribution in [0.5, 0.6) is 0 Å². The van der Waals surface area contributed by atoms with Crippen LogP contribution in [0, 0.1) is 17.3 Å². The fraction of sp³-hybridized carbons (Fsp3) is 1.00. The van der Waals surface area contributed by atoms with Crippen molar-refractivity contribution >= 4 is 0 Å². The van der Waals surface area contributed by atoms with Gasteiger partial charge in [0.05, 0.1) is 0 Å². The van der Waals surface area contributed by atoms with E-state index in [4.69, 9.17) is 5.73 Å². The summed E-state index contributed by atoms with van der Waals surface area (Å²) in [7, 11) is 0. The molecule has 2 aliphatic rings. The molecule has 3 unspecified atom stereocenters. The molecular weight excluding hydrogens is 112 g/mol. The molecule has 0 amide bonds. The highest BCUT2D eigenvalue weighted by Crippen LogP contribution is 2.59. The Morgan fingerprint density at radius 2 is 2.56 bits per heavy atom. The lowest BCUT2D eigenvalue weighted by Gasteiger charge is -2.08. The smallest absolute Gasteiger partial charge is 0.00260 e. The van der Waals surface area contributed by atoms with Crippen molar-refractivity contribution in [2.45, 2.75) is 6.92 Å². The van der Waals surface area contributed by atoms with Gasteiger partial charge in [-0.05, 0) is 24.9 Å². The van der Waals surface area contributed by atoms with Gasteiger partial charge in [0.2, 0.25) is 0 Å². The lowest BCUT2D eigenvalue weighted by Crippen LogP contribution is -2.25. The van der Waals surface area contributed by atoms with E-state index in [-0.39, 0.29) is 0 Å². The second-order valence-corrected chi connectivity index (χ2v) is 3.46. The first-order chi connectivity index (χ1) is 4.31. The summed E-state index contributed by atoms with van der Waals surface area (Å²) in [6.07, 6.45) is 0. The Kier molecular flexibility index (Phi) is 0.945. The number of rotatable bonds is 1. The minimum atomic E-state index is 0.528. The first-order valence-corrected chi connectivity index (χ1v) is 3.72. The normalized spacial score (nSPS) is 55.3. The van der Waals surface area contributed by atoms with Gasteiger partial charge in [-0.15, -0.1) is 0 Å². The van der Waals surface area contributed by atoms with Crippen molar-refractivity contribution in [3.05, 3.63) is 0 Å². The lowest BCUT2D eigenvalue weighted by molar-refractivity contribution is 0.479. The van der Waals surface area contributed by atoms with Crippen molar-refractivity contribution in [3.63, 3.8) is 0 Å². The van der Waals surface area contributed by atoms with Gasteiger partial charge in [-0.1, -0.05) is 6.92 Å².